The molecule has 0 amide bonds. The van der Waals surface area contributed by atoms with Crippen LogP contribution < -0.4 is 0 Å². The predicted octanol–water partition coefficient (Wildman–Crippen LogP) is 11.5. The van der Waals surface area contributed by atoms with Crippen molar-refractivity contribution in [2.75, 3.05) is 6.61 Å². The first-order valence-electron chi connectivity index (χ1n) is 16.0. The molecule has 0 saturated heterocycles. The number of unbranched alkanes of at least 4 members (excludes halogenated alkanes) is 25. The quantitative estimate of drug-likeness (QED) is 0.0785. The summed E-state index contributed by atoms with van der Waals surface area (Å²) in [6.45, 7) is 5.09. The Morgan fingerprint density at radius 2 is 0.647 bits per heavy atom. The van der Waals surface area contributed by atoms with E-state index in [4.69, 9.17) is 4.74 Å². The molecule has 0 aliphatic carbocycles. The largest absolute Gasteiger partial charge is 0.466 e. The molecule has 0 aromatic carbocycles. The van der Waals surface area contributed by atoms with Gasteiger partial charge in [0.15, 0.2) is 0 Å². The molecule has 2 nitrogen and oxygen atoms in total. The van der Waals surface area contributed by atoms with E-state index in [9.17, 15) is 4.79 Å². The van der Waals surface area contributed by atoms with Crippen molar-refractivity contribution in [2.24, 2.45) is 0 Å². The fraction of sp³-hybridized carbons (Fsp3) is 0.969. The highest BCUT2D eigenvalue weighted by atomic mass is 16.5. The third-order valence-electron chi connectivity index (χ3n) is 7.25. The Kier molecular flexibility index (Phi) is 30.0. The number of esters is 1. The highest BCUT2D eigenvalue weighted by molar-refractivity contribution is 5.69. The lowest BCUT2D eigenvalue weighted by Crippen LogP contribution is -2.05. The van der Waals surface area contributed by atoms with Crippen molar-refractivity contribution in [3.05, 3.63) is 0 Å². The van der Waals surface area contributed by atoms with E-state index in [1.54, 1.807) is 0 Å². The van der Waals surface area contributed by atoms with Gasteiger partial charge in [0.25, 0.3) is 0 Å². The first kappa shape index (κ1) is 33.5. The van der Waals surface area contributed by atoms with Crippen LogP contribution in [0.25, 0.3) is 0 Å². The lowest BCUT2D eigenvalue weighted by atomic mass is 10.0. The van der Waals surface area contributed by atoms with Crippen LogP contribution in [-0.2, 0) is 9.53 Å². The summed E-state index contributed by atoms with van der Waals surface area (Å²) in [5.41, 5.74) is 0. The maximum absolute atomic E-state index is 11.5. The summed E-state index contributed by atoms with van der Waals surface area (Å²) in [6.07, 6.45) is 37.8. The van der Waals surface area contributed by atoms with Crippen molar-refractivity contribution < 1.29 is 9.53 Å². The van der Waals surface area contributed by atoms with E-state index in [1.807, 2.05) is 0 Å². The highest BCUT2D eigenvalue weighted by Gasteiger charge is 2.01. The topological polar surface area (TPSA) is 26.3 Å². The molecular formula is C32H64O2. The van der Waals surface area contributed by atoms with Crippen LogP contribution >= 0.6 is 0 Å². The maximum atomic E-state index is 11.5. The minimum atomic E-state index is 0.00235. The fourth-order valence-electron chi connectivity index (χ4n) is 4.84. The summed E-state index contributed by atoms with van der Waals surface area (Å²) in [5.74, 6) is 0.00235. The number of rotatable bonds is 29. The Hall–Kier alpha value is -0.530. The van der Waals surface area contributed by atoms with Gasteiger partial charge >= 0.3 is 5.97 Å². The molecule has 0 unspecified atom stereocenters. The van der Waals surface area contributed by atoms with Gasteiger partial charge in [0.05, 0.1) is 6.61 Å². The van der Waals surface area contributed by atoms with Crippen molar-refractivity contribution in [1.82, 2.24) is 0 Å². The highest BCUT2D eigenvalue weighted by Crippen LogP contribution is 2.15. The molecule has 0 saturated carbocycles. The van der Waals surface area contributed by atoms with Crippen LogP contribution in [0.4, 0.5) is 0 Å². The Bertz CT molecular complexity index is 379. The second-order valence-electron chi connectivity index (χ2n) is 10.8. The smallest absolute Gasteiger partial charge is 0.305 e. The van der Waals surface area contributed by atoms with Gasteiger partial charge in [-0.15, -0.1) is 0 Å². The first-order valence-corrected chi connectivity index (χ1v) is 16.0. The monoisotopic (exact) mass is 480 g/mol. The molecule has 0 heterocycles. The zero-order chi connectivity index (χ0) is 24.8. The third kappa shape index (κ3) is 29.5. The minimum Gasteiger partial charge on any atom is -0.466 e. The van der Waals surface area contributed by atoms with E-state index in [-0.39, 0.29) is 5.97 Å². The van der Waals surface area contributed by atoms with Gasteiger partial charge < -0.3 is 4.74 Å². The maximum Gasteiger partial charge on any atom is 0.305 e. The molecule has 0 rings (SSSR count). The van der Waals surface area contributed by atoms with Gasteiger partial charge in [0.2, 0.25) is 0 Å². The van der Waals surface area contributed by atoms with Crippen LogP contribution in [-0.4, -0.2) is 12.6 Å². The third-order valence-corrected chi connectivity index (χ3v) is 7.25. The van der Waals surface area contributed by atoms with Gasteiger partial charge in [0, 0.05) is 6.42 Å². The Labute approximate surface area is 215 Å². The van der Waals surface area contributed by atoms with Crippen molar-refractivity contribution in [2.45, 2.75) is 194 Å². The Morgan fingerprint density at radius 3 is 0.971 bits per heavy atom. The van der Waals surface area contributed by atoms with Crippen molar-refractivity contribution in [3.8, 4) is 0 Å². The molecule has 0 bridgehead atoms. The van der Waals surface area contributed by atoms with Gasteiger partial charge in [-0.1, -0.05) is 174 Å². The summed E-state index contributed by atoms with van der Waals surface area (Å²) < 4.78 is 5.30. The SMILES string of the molecule is CCCCCCCCCCCCCCCCCCCCCCCCCCOC(=O)CCCCC. The van der Waals surface area contributed by atoms with Crippen molar-refractivity contribution in [3.63, 3.8) is 0 Å². The average molecular weight is 481 g/mol. The molecule has 0 spiro atoms. The molecule has 0 aliphatic rings. The lowest BCUT2D eigenvalue weighted by molar-refractivity contribution is -0.143. The van der Waals surface area contributed by atoms with Gasteiger partial charge in [-0.3, -0.25) is 4.79 Å². The molecule has 0 atom stereocenters. The van der Waals surface area contributed by atoms with Crippen LogP contribution in [0.1, 0.15) is 194 Å². The number of carbonyl (C=O) groups excluding carboxylic acids is 1. The first-order chi connectivity index (χ1) is 16.8. The molecule has 0 aromatic rings. The molecule has 2 heteroatoms. The molecular weight excluding hydrogens is 416 g/mol. The molecule has 0 N–H and O–H groups in total. The zero-order valence-electron chi connectivity index (χ0n) is 23.8. The van der Waals surface area contributed by atoms with Crippen LogP contribution in [0, 0.1) is 0 Å². The fourth-order valence-corrected chi connectivity index (χ4v) is 4.84. The van der Waals surface area contributed by atoms with Crippen LogP contribution in [0.2, 0.25) is 0 Å². The van der Waals surface area contributed by atoms with Crippen molar-refractivity contribution in [1.29, 1.82) is 0 Å². The van der Waals surface area contributed by atoms with Crippen LogP contribution in [0.5, 0.6) is 0 Å². The second-order valence-corrected chi connectivity index (χ2v) is 10.8. The summed E-state index contributed by atoms with van der Waals surface area (Å²) >= 11 is 0. The number of hydrogen-bond donors (Lipinski definition) is 0. The number of ether oxygens (including phenoxy) is 1. The molecule has 204 valence electrons. The van der Waals surface area contributed by atoms with E-state index in [0.717, 1.165) is 25.7 Å². The molecule has 0 radical (unpaired) electrons. The predicted molar refractivity (Wildman–Crippen MR) is 152 cm³/mol. The van der Waals surface area contributed by atoms with E-state index in [2.05, 4.69) is 13.8 Å². The Balaban J connectivity index is 3.06. The van der Waals surface area contributed by atoms with Gasteiger partial charge in [0.1, 0.15) is 0 Å². The van der Waals surface area contributed by atoms with Gasteiger partial charge in [-0.25, -0.2) is 0 Å². The van der Waals surface area contributed by atoms with Gasteiger partial charge in [-0.05, 0) is 12.8 Å². The molecule has 34 heavy (non-hydrogen) atoms. The van der Waals surface area contributed by atoms with E-state index < -0.39 is 0 Å². The summed E-state index contributed by atoms with van der Waals surface area (Å²) in [6, 6.07) is 0. The van der Waals surface area contributed by atoms with Crippen molar-refractivity contribution >= 4 is 5.97 Å². The molecule has 0 aliphatic heterocycles. The lowest BCUT2D eigenvalue weighted by Gasteiger charge is -2.05. The minimum absolute atomic E-state index is 0.00235. The van der Waals surface area contributed by atoms with Crippen LogP contribution in [0.3, 0.4) is 0 Å². The number of carbonyl (C=O) groups is 1. The van der Waals surface area contributed by atoms with Crippen LogP contribution in [0.15, 0.2) is 0 Å². The van der Waals surface area contributed by atoms with E-state index >= 15 is 0 Å². The Morgan fingerprint density at radius 1 is 0.382 bits per heavy atom. The summed E-state index contributed by atoms with van der Waals surface area (Å²) in [5, 5.41) is 0. The molecule has 0 fully saturated rings. The zero-order valence-corrected chi connectivity index (χ0v) is 23.8. The summed E-state index contributed by atoms with van der Waals surface area (Å²) in [7, 11) is 0. The second kappa shape index (κ2) is 30.5. The average Bonchev–Trinajstić information content (AvgIpc) is 2.84. The number of hydrogen-bond acceptors (Lipinski definition) is 2. The standard InChI is InChI=1S/C32H64O2/c1-3-5-7-8-9-10-11-12-13-14-15-16-17-18-19-20-21-22-23-24-25-26-27-29-31-34-32(33)30-28-6-4-2/h3-31H2,1-2H3. The summed E-state index contributed by atoms with van der Waals surface area (Å²) in [4.78, 5) is 11.5. The van der Waals surface area contributed by atoms with E-state index in [0.29, 0.717) is 13.0 Å². The molecule has 0 aromatic heterocycles. The van der Waals surface area contributed by atoms with Gasteiger partial charge in [-0.2, -0.15) is 0 Å². The normalized spacial score (nSPS) is 11.2. The van der Waals surface area contributed by atoms with E-state index in [1.165, 1.54) is 148 Å².